The summed E-state index contributed by atoms with van der Waals surface area (Å²) in [6.45, 7) is 3.87. The van der Waals surface area contributed by atoms with Gasteiger partial charge in [-0.2, -0.15) is 0 Å². The van der Waals surface area contributed by atoms with Gasteiger partial charge in [0.25, 0.3) is 5.69 Å². The SMILES string of the molecule is CCc1ccccc1NC(=S)Nc1ccc(C)cc1[N+](=O)[O-]. The summed E-state index contributed by atoms with van der Waals surface area (Å²) in [6, 6.07) is 12.8. The Bertz CT molecular complexity index is 716. The molecule has 0 saturated heterocycles. The van der Waals surface area contributed by atoms with Crippen LogP contribution in [0.25, 0.3) is 0 Å². The van der Waals surface area contributed by atoms with Gasteiger partial charge in [0.2, 0.25) is 0 Å². The predicted molar refractivity (Wildman–Crippen MR) is 93.5 cm³/mol. The highest BCUT2D eigenvalue weighted by Gasteiger charge is 2.15. The van der Waals surface area contributed by atoms with E-state index in [9.17, 15) is 10.1 Å². The molecule has 2 aromatic rings. The summed E-state index contributed by atoms with van der Waals surface area (Å²) in [7, 11) is 0. The van der Waals surface area contributed by atoms with Gasteiger partial charge in [0, 0.05) is 11.8 Å². The Kier molecular flexibility index (Phi) is 5.06. The Morgan fingerprint density at radius 2 is 1.86 bits per heavy atom. The van der Waals surface area contributed by atoms with Crippen molar-refractivity contribution >= 4 is 34.4 Å². The van der Waals surface area contributed by atoms with E-state index in [1.54, 1.807) is 12.1 Å². The normalized spacial score (nSPS) is 10.1. The van der Waals surface area contributed by atoms with Gasteiger partial charge in [-0.3, -0.25) is 10.1 Å². The number of para-hydroxylation sites is 1. The highest BCUT2D eigenvalue weighted by molar-refractivity contribution is 7.80. The monoisotopic (exact) mass is 315 g/mol. The first-order valence-corrected chi connectivity index (χ1v) is 7.33. The second kappa shape index (κ2) is 7.00. The maximum Gasteiger partial charge on any atom is 0.292 e. The smallest absolute Gasteiger partial charge is 0.292 e. The molecule has 0 amide bonds. The van der Waals surface area contributed by atoms with E-state index in [1.165, 1.54) is 6.07 Å². The van der Waals surface area contributed by atoms with Crippen LogP contribution in [0.15, 0.2) is 42.5 Å². The van der Waals surface area contributed by atoms with Crippen molar-refractivity contribution in [1.29, 1.82) is 0 Å². The van der Waals surface area contributed by atoms with Crippen LogP contribution >= 0.6 is 12.2 Å². The lowest BCUT2D eigenvalue weighted by atomic mass is 10.1. The van der Waals surface area contributed by atoms with Gasteiger partial charge in [-0.15, -0.1) is 0 Å². The van der Waals surface area contributed by atoms with Gasteiger partial charge in [0.1, 0.15) is 5.69 Å². The maximum atomic E-state index is 11.1. The minimum atomic E-state index is -0.419. The Labute approximate surface area is 134 Å². The van der Waals surface area contributed by atoms with E-state index in [4.69, 9.17) is 12.2 Å². The molecule has 2 aromatic carbocycles. The van der Waals surface area contributed by atoms with Crippen LogP contribution in [-0.4, -0.2) is 10.0 Å². The molecule has 0 bridgehead atoms. The van der Waals surface area contributed by atoms with Crippen LogP contribution in [0.4, 0.5) is 17.1 Å². The lowest BCUT2D eigenvalue weighted by molar-refractivity contribution is -0.383. The Balaban J connectivity index is 2.17. The number of aryl methyl sites for hydroxylation is 2. The summed E-state index contributed by atoms with van der Waals surface area (Å²) >= 11 is 5.26. The van der Waals surface area contributed by atoms with Crippen molar-refractivity contribution in [2.45, 2.75) is 20.3 Å². The number of nitro benzene ring substituents is 1. The van der Waals surface area contributed by atoms with Crippen molar-refractivity contribution in [3.05, 3.63) is 63.7 Å². The van der Waals surface area contributed by atoms with Gasteiger partial charge in [0.05, 0.1) is 4.92 Å². The summed E-state index contributed by atoms with van der Waals surface area (Å²) in [6.07, 6.45) is 0.871. The average Bonchev–Trinajstić information content (AvgIpc) is 2.49. The molecular weight excluding hydrogens is 298 g/mol. The molecule has 0 atom stereocenters. The fourth-order valence-electron chi connectivity index (χ4n) is 2.12. The van der Waals surface area contributed by atoms with E-state index in [0.29, 0.717) is 10.8 Å². The molecule has 0 aliphatic rings. The van der Waals surface area contributed by atoms with E-state index < -0.39 is 4.92 Å². The number of anilines is 2. The van der Waals surface area contributed by atoms with Crippen molar-refractivity contribution in [2.75, 3.05) is 10.6 Å². The van der Waals surface area contributed by atoms with Crippen LogP contribution in [0.2, 0.25) is 0 Å². The summed E-state index contributed by atoms with van der Waals surface area (Å²) in [5.41, 5.74) is 3.24. The first-order valence-electron chi connectivity index (χ1n) is 6.92. The molecule has 114 valence electrons. The maximum absolute atomic E-state index is 11.1. The minimum Gasteiger partial charge on any atom is -0.332 e. The molecule has 22 heavy (non-hydrogen) atoms. The highest BCUT2D eigenvalue weighted by atomic mass is 32.1. The quantitative estimate of drug-likeness (QED) is 0.501. The standard InChI is InChI=1S/C16H17N3O2S/c1-3-12-6-4-5-7-13(12)17-16(22)18-14-9-8-11(2)10-15(14)19(20)21/h4-10H,3H2,1-2H3,(H2,17,18,22). The van der Waals surface area contributed by atoms with Gasteiger partial charge >= 0.3 is 0 Å². The molecule has 0 aliphatic heterocycles. The minimum absolute atomic E-state index is 0.00734. The second-order valence-corrected chi connectivity index (χ2v) is 5.28. The number of benzene rings is 2. The molecule has 0 radical (unpaired) electrons. The zero-order valence-corrected chi connectivity index (χ0v) is 13.2. The van der Waals surface area contributed by atoms with E-state index in [1.807, 2.05) is 31.2 Å². The Hall–Kier alpha value is -2.47. The third kappa shape index (κ3) is 3.79. The van der Waals surface area contributed by atoms with Crippen molar-refractivity contribution in [3.8, 4) is 0 Å². The van der Waals surface area contributed by atoms with E-state index in [-0.39, 0.29) is 5.69 Å². The zero-order valence-electron chi connectivity index (χ0n) is 12.4. The average molecular weight is 315 g/mol. The first kappa shape index (κ1) is 15.9. The number of hydrogen-bond acceptors (Lipinski definition) is 3. The lowest BCUT2D eigenvalue weighted by Gasteiger charge is -2.13. The first-order chi connectivity index (χ1) is 10.5. The number of thiocarbonyl (C=S) groups is 1. The molecule has 0 aliphatic carbocycles. The number of hydrogen-bond donors (Lipinski definition) is 2. The Morgan fingerprint density at radius 1 is 1.18 bits per heavy atom. The molecule has 0 fully saturated rings. The topological polar surface area (TPSA) is 67.2 Å². The van der Waals surface area contributed by atoms with Gasteiger partial charge < -0.3 is 10.6 Å². The summed E-state index contributed by atoms with van der Waals surface area (Å²) in [4.78, 5) is 10.7. The number of nitro groups is 1. The van der Waals surface area contributed by atoms with Gasteiger partial charge in [-0.25, -0.2) is 0 Å². The molecule has 2 N–H and O–H groups in total. The van der Waals surface area contributed by atoms with Crippen LogP contribution in [0.5, 0.6) is 0 Å². The van der Waals surface area contributed by atoms with E-state index in [2.05, 4.69) is 17.6 Å². The summed E-state index contributed by atoms with van der Waals surface area (Å²) < 4.78 is 0. The molecule has 0 aromatic heterocycles. The van der Waals surface area contributed by atoms with Crippen LogP contribution in [0.1, 0.15) is 18.1 Å². The van der Waals surface area contributed by atoms with Crippen molar-refractivity contribution in [2.24, 2.45) is 0 Å². The van der Waals surface area contributed by atoms with Crippen molar-refractivity contribution in [1.82, 2.24) is 0 Å². The van der Waals surface area contributed by atoms with Crippen LogP contribution < -0.4 is 10.6 Å². The van der Waals surface area contributed by atoms with Crippen molar-refractivity contribution < 1.29 is 4.92 Å². The van der Waals surface area contributed by atoms with Gasteiger partial charge in [0.15, 0.2) is 5.11 Å². The molecule has 2 rings (SSSR count). The molecular formula is C16H17N3O2S. The second-order valence-electron chi connectivity index (χ2n) is 4.87. The highest BCUT2D eigenvalue weighted by Crippen LogP contribution is 2.25. The predicted octanol–water partition coefficient (Wildman–Crippen LogP) is 4.27. The molecule has 6 heteroatoms. The lowest BCUT2D eigenvalue weighted by Crippen LogP contribution is -2.20. The van der Waals surface area contributed by atoms with E-state index >= 15 is 0 Å². The third-order valence-corrected chi connectivity index (χ3v) is 3.45. The fourth-order valence-corrected chi connectivity index (χ4v) is 2.34. The van der Waals surface area contributed by atoms with Crippen LogP contribution in [0, 0.1) is 17.0 Å². The molecule has 5 nitrogen and oxygen atoms in total. The van der Waals surface area contributed by atoms with E-state index in [0.717, 1.165) is 23.2 Å². The summed E-state index contributed by atoms with van der Waals surface area (Å²) in [5.74, 6) is 0. The van der Waals surface area contributed by atoms with Gasteiger partial charge in [-0.05, 0) is 48.8 Å². The Morgan fingerprint density at radius 3 is 2.55 bits per heavy atom. The number of nitrogens with one attached hydrogen (secondary N) is 2. The van der Waals surface area contributed by atoms with Crippen LogP contribution in [0.3, 0.4) is 0 Å². The fraction of sp³-hybridized carbons (Fsp3) is 0.188. The number of rotatable bonds is 4. The molecule has 0 spiro atoms. The van der Waals surface area contributed by atoms with Crippen molar-refractivity contribution in [3.63, 3.8) is 0 Å². The molecule has 0 saturated carbocycles. The zero-order chi connectivity index (χ0) is 16.1. The summed E-state index contributed by atoms with van der Waals surface area (Å²) in [5, 5.41) is 17.4. The third-order valence-electron chi connectivity index (χ3n) is 3.24. The van der Waals surface area contributed by atoms with Gasteiger partial charge in [-0.1, -0.05) is 31.2 Å². The largest absolute Gasteiger partial charge is 0.332 e. The van der Waals surface area contributed by atoms with Crippen LogP contribution in [-0.2, 0) is 6.42 Å². The number of nitrogens with zero attached hydrogens (tertiary/aromatic N) is 1. The molecule has 0 unspecified atom stereocenters. The molecule has 0 heterocycles.